The summed E-state index contributed by atoms with van der Waals surface area (Å²) in [5.74, 6) is 1.24. The molecule has 0 aliphatic carbocycles. The molecular weight excluding hydrogens is 364 g/mol. The summed E-state index contributed by atoms with van der Waals surface area (Å²) >= 11 is 0. The Morgan fingerprint density at radius 1 is 1.07 bits per heavy atom. The number of ether oxygens (including phenoxy) is 1. The number of methoxy groups -OCH3 is 1. The quantitative estimate of drug-likeness (QED) is 0.443. The number of para-hydroxylation sites is 3. The molecule has 2 heterocycles. The number of carbonyl (C=O) groups is 1. The number of carbonyl (C=O) groups excluding carboxylic acids is 1. The number of nitrogens with zero attached hydrogens (tertiary/aromatic N) is 1. The van der Waals surface area contributed by atoms with Crippen LogP contribution in [0.3, 0.4) is 0 Å². The van der Waals surface area contributed by atoms with Crippen molar-refractivity contribution < 1.29 is 9.53 Å². The maximum atomic E-state index is 12.4. The maximum absolute atomic E-state index is 12.4. The summed E-state index contributed by atoms with van der Waals surface area (Å²) in [6.45, 7) is 0.557. The van der Waals surface area contributed by atoms with Crippen molar-refractivity contribution in [3.63, 3.8) is 0 Å². The van der Waals surface area contributed by atoms with Crippen LogP contribution >= 0.6 is 0 Å². The Morgan fingerprint density at radius 3 is 2.72 bits per heavy atom. The second-order valence-corrected chi connectivity index (χ2v) is 6.62. The van der Waals surface area contributed by atoms with Crippen molar-refractivity contribution in [3.8, 4) is 5.75 Å². The van der Waals surface area contributed by atoms with Crippen LogP contribution in [0.4, 0.5) is 11.5 Å². The predicted molar refractivity (Wildman–Crippen MR) is 115 cm³/mol. The van der Waals surface area contributed by atoms with E-state index >= 15 is 0 Å². The fourth-order valence-electron chi connectivity index (χ4n) is 3.24. The highest BCUT2D eigenvalue weighted by Crippen LogP contribution is 2.26. The molecule has 0 spiro atoms. The number of hydrogen-bond donors (Lipinski definition) is 3. The molecule has 0 aliphatic heterocycles. The number of benzene rings is 2. The molecule has 29 heavy (non-hydrogen) atoms. The third kappa shape index (κ3) is 4.21. The monoisotopic (exact) mass is 386 g/mol. The number of anilines is 2. The molecule has 146 valence electrons. The van der Waals surface area contributed by atoms with Gasteiger partial charge in [-0.2, -0.15) is 0 Å². The summed E-state index contributed by atoms with van der Waals surface area (Å²) in [4.78, 5) is 20.0. The predicted octanol–water partition coefficient (Wildman–Crippen LogP) is 4.29. The van der Waals surface area contributed by atoms with Crippen molar-refractivity contribution in [2.24, 2.45) is 0 Å². The van der Waals surface area contributed by atoms with Gasteiger partial charge in [-0.05, 0) is 42.3 Å². The molecule has 0 radical (unpaired) electrons. The minimum absolute atomic E-state index is 0.138. The number of aromatic nitrogens is 2. The number of rotatable bonds is 7. The van der Waals surface area contributed by atoms with E-state index in [2.05, 4.69) is 26.7 Å². The Labute approximate surface area is 168 Å². The highest BCUT2D eigenvalue weighted by Gasteiger charge is 2.08. The number of pyridine rings is 1. The lowest BCUT2D eigenvalue weighted by Crippen LogP contribution is -2.25. The summed E-state index contributed by atoms with van der Waals surface area (Å²) < 4.78 is 5.32. The topological polar surface area (TPSA) is 79.0 Å². The molecule has 0 bridgehead atoms. The molecule has 0 aliphatic rings. The summed E-state index contributed by atoms with van der Waals surface area (Å²) in [6, 6.07) is 19.3. The molecule has 3 N–H and O–H groups in total. The van der Waals surface area contributed by atoms with Crippen molar-refractivity contribution in [3.05, 3.63) is 84.2 Å². The molecule has 0 saturated carbocycles. The van der Waals surface area contributed by atoms with Gasteiger partial charge in [0.1, 0.15) is 11.6 Å². The lowest BCUT2D eigenvalue weighted by molar-refractivity contribution is 0.0954. The lowest BCUT2D eigenvalue weighted by atomic mass is 10.1. The first-order valence-corrected chi connectivity index (χ1v) is 9.44. The zero-order chi connectivity index (χ0) is 20.1. The fourth-order valence-corrected chi connectivity index (χ4v) is 3.24. The van der Waals surface area contributed by atoms with Crippen LogP contribution < -0.4 is 15.4 Å². The standard InChI is InChI=1S/C23H22N4O2/c1-29-21-9-5-4-8-20(21)27-22-11-10-17(15-26-22)23(28)24-13-12-16-14-25-19-7-3-2-6-18(16)19/h2-11,14-15,25H,12-13H2,1H3,(H,24,28)(H,26,27). The van der Waals surface area contributed by atoms with Gasteiger partial charge in [0.25, 0.3) is 5.91 Å². The Bertz CT molecular complexity index is 1120. The second kappa shape index (κ2) is 8.48. The van der Waals surface area contributed by atoms with Gasteiger partial charge in [-0.25, -0.2) is 4.98 Å². The Hall–Kier alpha value is -3.80. The highest BCUT2D eigenvalue weighted by atomic mass is 16.5. The minimum atomic E-state index is -0.138. The van der Waals surface area contributed by atoms with Crippen molar-refractivity contribution in [1.29, 1.82) is 0 Å². The van der Waals surface area contributed by atoms with Gasteiger partial charge >= 0.3 is 0 Å². The van der Waals surface area contributed by atoms with E-state index in [-0.39, 0.29) is 5.91 Å². The first kappa shape index (κ1) is 18.6. The molecule has 4 aromatic rings. The number of hydrogen-bond acceptors (Lipinski definition) is 4. The van der Waals surface area contributed by atoms with Crippen molar-refractivity contribution in [2.75, 3.05) is 19.0 Å². The lowest BCUT2D eigenvalue weighted by Gasteiger charge is -2.10. The van der Waals surface area contributed by atoms with Crippen molar-refractivity contribution >= 4 is 28.3 Å². The van der Waals surface area contributed by atoms with E-state index in [1.807, 2.05) is 48.7 Å². The SMILES string of the molecule is COc1ccccc1Nc1ccc(C(=O)NCCc2c[nH]c3ccccc23)cn1. The smallest absolute Gasteiger partial charge is 0.252 e. The fraction of sp³-hybridized carbons (Fsp3) is 0.130. The molecule has 0 fully saturated rings. The molecule has 6 nitrogen and oxygen atoms in total. The van der Waals surface area contributed by atoms with E-state index in [4.69, 9.17) is 4.74 Å². The van der Waals surface area contributed by atoms with E-state index in [1.165, 1.54) is 10.9 Å². The second-order valence-electron chi connectivity index (χ2n) is 6.62. The maximum Gasteiger partial charge on any atom is 0.252 e. The summed E-state index contributed by atoms with van der Waals surface area (Å²) in [6.07, 6.45) is 4.33. The van der Waals surface area contributed by atoms with Crippen molar-refractivity contribution in [2.45, 2.75) is 6.42 Å². The van der Waals surface area contributed by atoms with Crippen LogP contribution in [0.15, 0.2) is 73.1 Å². The minimum Gasteiger partial charge on any atom is -0.495 e. The molecule has 0 unspecified atom stereocenters. The van der Waals surface area contributed by atoms with Crippen LogP contribution in [0, 0.1) is 0 Å². The Kier molecular flexibility index (Phi) is 5.42. The summed E-state index contributed by atoms with van der Waals surface area (Å²) in [5, 5.41) is 7.34. The van der Waals surface area contributed by atoms with Crippen LogP contribution in [0.5, 0.6) is 5.75 Å². The molecular formula is C23H22N4O2. The molecule has 2 aromatic carbocycles. The normalized spacial score (nSPS) is 10.7. The molecule has 4 rings (SSSR count). The van der Waals surface area contributed by atoms with Crippen LogP contribution in [0.25, 0.3) is 10.9 Å². The summed E-state index contributed by atoms with van der Waals surface area (Å²) in [7, 11) is 1.62. The molecule has 0 saturated heterocycles. The van der Waals surface area contributed by atoms with Gasteiger partial charge in [-0.1, -0.05) is 30.3 Å². The van der Waals surface area contributed by atoms with E-state index in [0.717, 1.165) is 23.4 Å². The van der Waals surface area contributed by atoms with Gasteiger partial charge in [0, 0.05) is 29.8 Å². The molecule has 6 heteroatoms. The van der Waals surface area contributed by atoms with E-state index in [0.29, 0.717) is 17.9 Å². The van der Waals surface area contributed by atoms with E-state index < -0.39 is 0 Å². The van der Waals surface area contributed by atoms with Crippen molar-refractivity contribution in [1.82, 2.24) is 15.3 Å². The molecule has 1 amide bonds. The molecule has 0 atom stereocenters. The Morgan fingerprint density at radius 2 is 1.90 bits per heavy atom. The zero-order valence-electron chi connectivity index (χ0n) is 16.1. The number of aromatic amines is 1. The third-order valence-electron chi connectivity index (χ3n) is 4.75. The Balaban J connectivity index is 1.34. The van der Waals surface area contributed by atoms with Gasteiger partial charge in [-0.15, -0.1) is 0 Å². The average molecular weight is 386 g/mol. The number of fused-ring (bicyclic) bond motifs is 1. The largest absolute Gasteiger partial charge is 0.495 e. The van der Waals surface area contributed by atoms with Crippen LogP contribution in [-0.2, 0) is 6.42 Å². The van der Waals surface area contributed by atoms with Gasteiger partial charge in [0.2, 0.25) is 0 Å². The zero-order valence-corrected chi connectivity index (χ0v) is 16.1. The number of H-pyrrole nitrogens is 1. The number of nitrogens with one attached hydrogen (secondary N) is 3. The number of amides is 1. The van der Waals surface area contributed by atoms with Crippen LogP contribution in [0.2, 0.25) is 0 Å². The van der Waals surface area contributed by atoms with E-state index in [1.54, 1.807) is 25.4 Å². The third-order valence-corrected chi connectivity index (χ3v) is 4.75. The summed E-state index contributed by atoms with van der Waals surface area (Å²) in [5.41, 5.74) is 3.64. The molecule has 2 aromatic heterocycles. The van der Waals surface area contributed by atoms with Gasteiger partial charge in [0.15, 0.2) is 0 Å². The van der Waals surface area contributed by atoms with Crippen LogP contribution in [0.1, 0.15) is 15.9 Å². The average Bonchev–Trinajstić information content (AvgIpc) is 3.18. The van der Waals surface area contributed by atoms with Gasteiger partial charge in [-0.3, -0.25) is 4.79 Å². The van der Waals surface area contributed by atoms with Crippen LogP contribution in [-0.4, -0.2) is 29.5 Å². The highest BCUT2D eigenvalue weighted by molar-refractivity contribution is 5.94. The van der Waals surface area contributed by atoms with Gasteiger partial charge in [0.05, 0.1) is 18.4 Å². The van der Waals surface area contributed by atoms with Gasteiger partial charge < -0.3 is 20.4 Å². The first-order valence-electron chi connectivity index (χ1n) is 9.44. The first-order chi connectivity index (χ1) is 14.2. The van der Waals surface area contributed by atoms with E-state index in [9.17, 15) is 4.79 Å².